The number of nitrogens with one attached hydrogen (secondary N) is 1. The number of aryl methyl sites for hydroxylation is 1. The number of nitrogens with zero attached hydrogens (tertiary/aromatic N) is 4. The Morgan fingerprint density at radius 1 is 1.19 bits per heavy atom. The van der Waals surface area contributed by atoms with Crippen LogP contribution in [0.25, 0.3) is 0 Å². The molecule has 37 heavy (non-hydrogen) atoms. The SMILES string of the molecule is Cc1ccc2c(c1)[C@]1(C(=O)N2)C(C#N)=C(N)N(c2nnc(SCc3ccccc3)s2)C2=C1C(=O)CCC2. The molecule has 1 spiro atoms. The largest absolute Gasteiger partial charge is 0.384 e. The fourth-order valence-electron chi connectivity index (χ4n) is 5.39. The number of nitriles is 1. The number of thioether (sulfide) groups is 1. The molecule has 0 saturated carbocycles. The van der Waals surface area contributed by atoms with Gasteiger partial charge in [0.05, 0.1) is 5.57 Å². The number of nitrogens with two attached hydrogens (primary N) is 1. The van der Waals surface area contributed by atoms with Crippen LogP contribution < -0.4 is 16.0 Å². The van der Waals surface area contributed by atoms with Crippen LogP contribution in [0.5, 0.6) is 0 Å². The summed E-state index contributed by atoms with van der Waals surface area (Å²) < 4.78 is 0.745. The molecule has 2 aromatic carbocycles. The predicted molar refractivity (Wildman–Crippen MR) is 143 cm³/mol. The van der Waals surface area contributed by atoms with Crippen molar-refractivity contribution in [3.63, 3.8) is 0 Å². The zero-order valence-corrected chi connectivity index (χ0v) is 21.6. The van der Waals surface area contributed by atoms with Crippen molar-refractivity contribution in [1.29, 1.82) is 5.26 Å². The van der Waals surface area contributed by atoms with E-state index < -0.39 is 11.3 Å². The molecule has 184 valence electrons. The first kappa shape index (κ1) is 23.5. The van der Waals surface area contributed by atoms with E-state index in [4.69, 9.17) is 5.73 Å². The zero-order chi connectivity index (χ0) is 25.7. The van der Waals surface area contributed by atoms with Gasteiger partial charge in [-0.05, 0) is 31.4 Å². The molecule has 6 rings (SSSR count). The molecule has 3 N–H and O–H groups in total. The quantitative estimate of drug-likeness (QED) is 0.475. The molecule has 3 heterocycles. The van der Waals surface area contributed by atoms with Crippen molar-refractivity contribution in [3.8, 4) is 6.07 Å². The third kappa shape index (κ3) is 3.49. The van der Waals surface area contributed by atoms with E-state index in [0.717, 1.165) is 15.7 Å². The summed E-state index contributed by atoms with van der Waals surface area (Å²) in [4.78, 5) is 28.9. The summed E-state index contributed by atoms with van der Waals surface area (Å²) in [7, 11) is 0. The van der Waals surface area contributed by atoms with Crippen molar-refractivity contribution < 1.29 is 9.59 Å². The van der Waals surface area contributed by atoms with E-state index in [1.807, 2.05) is 43.3 Å². The van der Waals surface area contributed by atoms with Gasteiger partial charge >= 0.3 is 0 Å². The van der Waals surface area contributed by atoms with E-state index in [-0.39, 0.29) is 17.2 Å². The summed E-state index contributed by atoms with van der Waals surface area (Å²) in [6, 6.07) is 17.8. The number of anilines is 2. The highest BCUT2D eigenvalue weighted by atomic mass is 32.2. The maximum atomic E-state index is 13.7. The maximum absolute atomic E-state index is 13.7. The van der Waals surface area contributed by atoms with Crippen LogP contribution in [0.2, 0.25) is 0 Å². The molecule has 3 aliphatic rings. The van der Waals surface area contributed by atoms with Gasteiger partial charge in [0.15, 0.2) is 10.1 Å². The molecule has 0 radical (unpaired) electrons. The van der Waals surface area contributed by atoms with Gasteiger partial charge in [0, 0.05) is 34.7 Å². The topological polar surface area (TPSA) is 125 Å². The van der Waals surface area contributed by atoms with E-state index in [9.17, 15) is 14.9 Å². The fourth-order valence-corrected chi connectivity index (χ4v) is 7.23. The van der Waals surface area contributed by atoms with E-state index >= 15 is 0 Å². The standard InChI is InChI=1S/C27H22N6O2S2/c1-15-10-11-19-17(12-15)27(24(35)30-19)18(13-28)23(29)33(20-8-5-9-21(34)22(20)27)25-31-32-26(37-25)36-14-16-6-3-2-4-7-16/h2-4,6-7,10-12H,5,8-9,14,29H2,1H3,(H,30,35)/t27-/m0/s1. The molecule has 1 aliphatic carbocycles. The normalized spacial score (nSPS) is 20.7. The number of allylic oxidation sites excluding steroid dienone is 1. The number of rotatable bonds is 4. The van der Waals surface area contributed by atoms with Crippen LogP contribution in [0.4, 0.5) is 10.8 Å². The molecule has 0 unspecified atom stereocenters. The molecule has 1 atom stereocenters. The summed E-state index contributed by atoms with van der Waals surface area (Å²) in [5.74, 6) is 0.262. The van der Waals surface area contributed by atoms with Crippen LogP contribution in [0.15, 0.2) is 75.5 Å². The third-order valence-electron chi connectivity index (χ3n) is 6.97. The number of benzene rings is 2. The predicted octanol–water partition coefficient (Wildman–Crippen LogP) is 4.55. The lowest BCUT2D eigenvalue weighted by molar-refractivity contribution is -0.122. The first-order valence-corrected chi connectivity index (χ1v) is 13.7. The second-order valence-electron chi connectivity index (χ2n) is 9.18. The van der Waals surface area contributed by atoms with Crippen LogP contribution in [0.1, 0.15) is 36.0 Å². The van der Waals surface area contributed by atoms with Crippen LogP contribution in [-0.2, 0) is 20.8 Å². The smallest absolute Gasteiger partial charge is 0.245 e. The van der Waals surface area contributed by atoms with E-state index in [1.54, 1.807) is 16.7 Å². The average Bonchev–Trinajstić information content (AvgIpc) is 3.47. The number of carbonyl (C=O) groups is 2. The van der Waals surface area contributed by atoms with Gasteiger partial charge < -0.3 is 11.1 Å². The number of hydrogen-bond acceptors (Lipinski definition) is 9. The van der Waals surface area contributed by atoms with E-state index in [2.05, 4.69) is 33.7 Å². The Hall–Kier alpha value is -3.94. The lowest BCUT2D eigenvalue weighted by atomic mass is 9.64. The Morgan fingerprint density at radius 2 is 2.00 bits per heavy atom. The fraction of sp³-hybridized carbons (Fsp3) is 0.222. The van der Waals surface area contributed by atoms with E-state index in [0.29, 0.717) is 46.9 Å². The lowest BCUT2D eigenvalue weighted by Gasteiger charge is -2.42. The van der Waals surface area contributed by atoms with Gasteiger partial charge in [-0.2, -0.15) is 5.26 Å². The summed E-state index contributed by atoms with van der Waals surface area (Å²) >= 11 is 2.91. The Morgan fingerprint density at radius 3 is 2.78 bits per heavy atom. The summed E-state index contributed by atoms with van der Waals surface area (Å²) in [6.07, 6.45) is 1.45. The Balaban J connectivity index is 1.49. The highest BCUT2D eigenvalue weighted by Gasteiger charge is 2.60. The van der Waals surface area contributed by atoms with Crippen molar-refractivity contribution in [3.05, 3.63) is 87.9 Å². The van der Waals surface area contributed by atoms with Crippen LogP contribution in [0.3, 0.4) is 0 Å². The second-order valence-corrected chi connectivity index (χ2v) is 11.4. The molecule has 10 heteroatoms. The highest BCUT2D eigenvalue weighted by Crippen LogP contribution is 2.55. The molecule has 8 nitrogen and oxygen atoms in total. The number of ketones is 1. The molecule has 2 aliphatic heterocycles. The second kappa shape index (κ2) is 8.87. The van der Waals surface area contributed by atoms with Gasteiger partial charge in [0.25, 0.3) is 0 Å². The van der Waals surface area contributed by atoms with Gasteiger partial charge in [-0.3, -0.25) is 14.5 Å². The molecule has 1 amide bonds. The van der Waals surface area contributed by atoms with E-state index in [1.165, 1.54) is 16.9 Å². The minimum Gasteiger partial charge on any atom is -0.384 e. The Kier molecular flexibility index (Phi) is 5.62. The van der Waals surface area contributed by atoms with Crippen molar-refractivity contribution in [1.82, 2.24) is 10.2 Å². The van der Waals surface area contributed by atoms with Gasteiger partial charge in [0.2, 0.25) is 11.0 Å². The summed E-state index contributed by atoms with van der Waals surface area (Å²) in [5.41, 5.74) is 9.37. The molecule has 0 saturated heterocycles. The number of fused-ring (bicyclic) bond motifs is 3. The van der Waals surface area contributed by atoms with Gasteiger partial charge in [-0.15, -0.1) is 10.2 Å². The third-order valence-corrected chi connectivity index (χ3v) is 9.09. The number of amides is 1. The van der Waals surface area contributed by atoms with Crippen molar-refractivity contribution >= 4 is 45.6 Å². The molecular weight excluding hydrogens is 504 g/mol. The van der Waals surface area contributed by atoms with Crippen molar-refractivity contribution in [2.45, 2.75) is 41.7 Å². The summed E-state index contributed by atoms with van der Waals surface area (Å²) in [5, 5.41) is 22.5. The molecule has 1 aromatic heterocycles. The maximum Gasteiger partial charge on any atom is 0.245 e. The number of hydrogen-bond donors (Lipinski definition) is 2. The van der Waals surface area contributed by atoms with Gasteiger partial charge in [-0.1, -0.05) is 71.1 Å². The van der Waals surface area contributed by atoms with Crippen LogP contribution in [-0.4, -0.2) is 21.9 Å². The van der Waals surface area contributed by atoms with Gasteiger partial charge in [0.1, 0.15) is 17.3 Å². The first-order chi connectivity index (χ1) is 17.9. The van der Waals surface area contributed by atoms with Crippen LogP contribution >= 0.6 is 23.1 Å². The molecule has 0 bridgehead atoms. The minimum absolute atomic E-state index is 0.0389. The average molecular weight is 527 g/mol. The number of aromatic nitrogens is 2. The monoisotopic (exact) mass is 526 g/mol. The minimum atomic E-state index is -1.57. The van der Waals surface area contributed by atoms with Crippen LogP contribution in [0, 0.1) is 18.3 Å². The zero-order valence-electron chi connectivity index (χ0n) is 19.9. The Bertz CT molecular complexity index is 1570. The van der Waals surface area contributed by atoms with Gasteiger partial charge in [-0.25, -0.2) is 0 Å². The number of carbonyl (C=O) groups excluding carboxylic acids is 2. The van der Waals surface area contributed by atoms with Crippen molar-refractivity contribution in [2.24, 2.45) is 5.73 Å². The molecular formula is C27H22N6O2S2. The first-order valence-electron chi connectivity index (χ1n) is 11.8. The molecule has 3 aromatic rings. The molecule has 0 fully saturated rings. The van der Waals surface area contributed by atoms with Crippen molar-refractivity contribution in [2.75, 3.05) is 10.2 Å². The number of Topliss-reactive ketones (excluding diaryl/α,β-unsaturated/α-hetero) is 1. The Labute approximate surface area is 221 Å². The summed E-state index contributed by atoms with van der Waals surface area (Å²) in [6.45, 7) is 1.92. The highest BCUT2D eigenvalue weighted by molar-refractivity contribution is 8.00. The lowest BCUT2D eigenvalue weighted by Crippen LogP contribution is -2.50.